The summed E-state index contributed by atoms with van der Waals surface area (Å²) in [6, 6.07) is 7.29. The van der Waals surface area contributed by atoms with Crippen molar-refractivity contribution in [2.75, 3.05) is 20.2 Å². The Morgan fingerprint density at radius 1 is 1.08 bits per heavy atom. The molecule has 1 heterocycles. The van der Waals surface area contributed by atoms with Crippen LogP contribution in [0.2, 0.25) is 0 Å². The van der Waals surface area contributed by atoms with Crippen LogP contribution in [-0.4, -0.2) is 43.0 Å². The molecule has 2 aliphatic rings. The van der Waals surface area contributed by atoms with Crippen LogP contribution in [0.15, 0.2) is 24.3 Å². The van der Waals surface area contributed by atoms with E-state index in [-0.39, 0.29) is 23.8 Å². The second-order valence-electron chi connectivity index (χ2n) is 7.04. The lowest BCUT2D eigenvalue weighted by molar-refractivity contribution is -0.126. The molecule has 5 heteroatoms. The first-order valence-corrected chi connectivity index (χ1v) is 9.43. The van der Waals surface area contributed by atoms with Gasteiger partial charge in [0, 0.05) is 24.7 Å². The van der Waals surface area contributed by atoms with Crippen molar-refractivity contribution in [3.8, 4) is 5.75 Å². The Labute approximate surface area is 149 Å². The fourth-order valence-electron chi connectivity index (χ4n) is 4.04. The van der Waals surface area contributed by atoms with Gasteiger partial charge in [-0.3, -0.25) is 9.59 Å². The minimum atomic E-state index is -0.0692. The molecule has 1 aliphatic carbocycles. The highest BCUT2D eigenvalue weighted by atomic mass is 16.5. The van der Waals surface area contributed by atoms with E-state index in [1.54, 1.807) is 7.11 Å². The lowest BCUT2D eigenvalue weighted by Crippen LogP contribution is -2.47. The minimum Gasteiger partial charge on any atom is -0.497 e. The maximum absolute atomic E-state index is 13.2. The molecule has 1 N–H and O–H groups in total. The van der Waals surface area contributed by atoms with E-state index >= 15 is 0 Å². The monoisotopic (exact) mass is 344 g/mol. The first-order chi connectivity index (χ1) is 12.2. The van der Waals surface area contributed by atoms with E-state index in [2.05, 4.69) is 5.32 Å². The molecule has 25 heavy (non-hydrogen) atoms. The second kappa shape index (κ2) is 8.37. The predicted octanol–water partition coefficient (Wildman–Crippen LogP) is 3.00. The molecule has 3 rings (SSSR count). The number of carbonyl (C=O) groups excluding carboxylic acids is 2. The number of carbonyl (C=O) groups is 2. The topological polar surface area (TPSA) is 58.6 Å². The van der Waals surface area contributed by atoms with Gasteiger partial charge in [0.1, 0.15) is 5.75 Å². The van der Waals surface area contributed by atoms with Crippen molar-refractivity contribution in [1.82, 2.24) is 10.2 Å². The SMILES string of the molecule is COc1ccc(C(=O)N2CCCCCCNC(=O)[C@@H]3CCC[C@@H]32)cc1. The molecule has 2 atom stereocenters. The summed E-state index contributed by atoms with van der Waals surface area (Å²) >= 11 is 0. The highest BCUT2D eigenvalue weighted by molar-refractivity contribution is 5.95. The molecule has 0 bridgehead atoms. The van der Waals surface area contributed by atoms with Gasteiger partial charge in [0.2, 0.25) is 5.91 Å². The molecule has 1 aliphatic heterocycles. The third-order valence-electron chi connectivity index (χ3n) is 5.44. The van der Waals surface area contributed by atoms with Gasteiger partial charge in [-0.1, -0.05) is 19.3 Å². The Morgan fingerprint density at radius 3 is 2.60 bits per heavy atom. The molecule has 1 saturated heterocycles. The summed E-state index contributed by atoms with van der Waals surface area (Å²) in [6.45, 7) is 1.49. The molecule has 5 nitrogen and oxygen atoms in total. The van der Waals surface area contributed by atoms with Crippen LogP contribution in [0.3, 0.4) is 0 Å². The number of fused-ring (bicyclic) bond motifs is 1. The van der Waals surface area contributed by atoms with Crippen molar-refractivity contribution in [2.24, 2.45) is 5.92 Å². The van der Waals surface area contributed by atoms with Crippen molar-refractivity contribution in [1.29, 1.82) is 0 Å². The van der Waals surface area contributed by atoms with Gasteiger partial charge in [0.25, 0.3) is 5.91 Å². The van der Waals surface area contributed by atoms with Gasteiger partial charge in [0.15, 0.2) is 0 Å². The minimum absolute atomic E-state index is 0.0210. The Kier molecular flexibility index (Phi) is 5.95. The quantitative estimate of drug-likeness (QED) is 0.897. The summed E-state index contributed by atoms with van der Waals surface area (Å²) in [6.07, 6.45) is 7.02. The number of nitrogens with zero attached hydrogens (tertiary/aromatic N) is 1. The molecule has 2 amide bonds. The van der Waals surface area contributed by atoms with Crippen molar-refractivity contribution in [3.05, 3.63) is 29.8 Å². The zero-order valence-corrected chi connectivity index (χ0v) is 15.0. The van der Waals surface area contributed by atoms with E-state index < -0.39 is 0 Å². The van der Waals surface area contributed by atoms with Crippen molar-refractivity contribution >= 4 is 11.8 Å². The number of amides is 2. The molecule has 2 fully saturated rings. The Balaban J connectivity index is 1.83. The fraction of sp³-hybridized carbons (Fsp3) is 0.600. The summed E-state index contributed by atoms with van der Waals surface area (Å²) in [5.41, 5.74) is 0.668. The van der Waals surface area contributed by atoms with Gasteiger partial charge in [-0.2, -0.15) is 0 Å². The normalized spacial score (nSPS) is 24.8. The lowest BCUT2D eigenvalue weighted by atomic mass is 9.99. The summed E-state index contributed by atoms with van der Waals surface area (Å²) in [7, 11) is 1.62. The van der Waals surface area contributed by atoms with Crippen LogP contribution >= 0.6 is 0 Å². The van der Waals surface area contributed by atoms with Crippen LogP contribution < -0.4 is 10.1 Å². The molecule has 1 saturated carbocycles. The molecular weight excluding hydrogens is 316 g/mol. The summed E-state index contributed by atoms with van der Waals surface area (Å²) in [5, 5.41) is 3.07. The van der Waals surface area contributed by atoms with E-state index in [0.29, 0.717) is 5.56 Å². The first kappa shape index (κ1) is 17.8. The van der Waals surface area contributed by atoms with E-state index in [1.165, 1.54) is 0 Å². The third kappa shape index (κ3) is 4.14. The maximum atomic E-state index is 13.2. The summed E-state index contributed by atoms with van der Waals surface area (Å²) in [5.74, 6) is 0.830. The molecule has 0 spiro atoms. The van der Waals surface area contributed by atoms with Crippen LogP contribution in [0.4, 0.5) is 0 Å². The van der Waals surface area contributed by atoms with Gasteiger partial charge in [-0.25, -0.2) is 0 Å². The molecule has 1 aromatic rings. The van der Waals surface area contributed by atoms with Crippen molar-refractivity contribution < 1.29 is 14.3 Å². The van der Waals surface area contributed by atoms with Gasteiger partial charge >= 0.3 is 0 Å². The van der Waals surface area contributed by atoms with Crippen molar-refractivity contribution in [3.63, 3.8) is 0 Å². The van der Waals surface area contributed by atoms with Crippen LogP contribution in [0.25, 0.3) is 0 Å². The number of rotatable bonds is 2. The molecule has 0 radical (unpaired) electrons. The third-order valence-corrected chi connectivity index (χ3v) is 5.44. The van der Waals surface area contributed by atoms with Crippen LogP contribution in [-0.2, 0) is 4.79 Å². The largest absolute Gasteiger partial charge is 0.497 e. The summed E-state index contributed by atoms with van der Waals surface area (Å²) < 4.78 is 5.18. The average Bonchev–Trinajstić information content (AvgIpc) is 3.11. The van der Waals surface area contributed by atoms with Gasteiger partial charge in [0.05, 0.1) is 13.0 Å². The number of nitrogens with one attached hydrogen (secondary N) is 1. The number of ether oxygens (including phenoxy) is 1. The summed E-state index contributed by atoms with van der Waals surface area (Å²) in [4.78, 5) is 27.7. The van der Waals surface area contributed by atoms with E-state index in [0.717, 1.165) is 63.8 Å². The molecule has 0 aromatic heterocycles. The Morgan fingerprint density at radius 2 is 1.84 bits per heavy atom. The van der Waals surface area contributed by atoms with Crippen LogP contribution in [0.1, 0.15) is 55.3 Å². The predicted molar refractivity (Wildman–Crippen MR) is 96.6 cm³/mol. The van der Waals surface area contributed by atoms with Gasteiger partial charge in [-0.15, -0.1) is 0 Å². The number of hydrogen-bond acceptors (Lipinski definition) is 3. The fourth-order valence-corrected chi connectivity index (χ4v) is 4.04. The zero-order valence-electron chi connectivity index (χ0n) is 15.0. The number of methoxy groups -OCH3 is 1. The van der Waals surface area contributed by atoms with Gasteiger partial charge in [-0.05, 0) is 49.9 Å². The maximum Gasteiger partial charge on any atom is 0.254 e. The molecule has 136 valence electrons. The van der Waals surface area contributed by atoms with E-state index in [9.17, 15) is 9.59 Å². The average molecular weight is 344 g/mol. The zero-order chi connectivity index (χ0) is 17.6. The smallest absolute Gasteiger partial charge is 0.254 e. The van der Waals surface area contributed by atoms with Crippen LogP contribution in [0.5, 0.6) is 5.75 Å². The highest BCUT2D eigenvalue weighted by Crippen LogP contribution is 2.32. The standard InChI is InChI=1S/C20H28N2O3/c1-25-16-11-9-15(10-12-16)20(24)22-14-5-3-2-4-13-21-19(23)17-7-6-8-18(17)22/h9-12,17-18H,2-8,13-14H2,1H3,(H,21,23)/t17-,18+/m1/s1. The van der Waals surface area contributed by atoms with Crippen molar-refractivity contribution in [2.45, 2.75) is 51.0 Å². The molecule has 1 aromatic carbocycles. The second-order valence-corrected chi connectivity index (χ2v) is 7.04. The molecule has 0 unspecified atom stereocenters. The number of benzene rings is 1. The Bertz CT molecular complexity index is 599. The number of hydrogen-bond donors (Lipinski definition) is 1. The Hall–Kier alpha value is -2.04. The van der Waals surface area contributed by atoms with Gasteiger partial charge < -0.3 is 15.0 Å². The molecular formula is C20H28N2O3. The first-order valence-electron chi connectivity index (χ1n) is 9.43. The lowest BCUT2D eigenvalue weighted by Gasteiger charge is -2.32. The van der Waals surface area contributed by atoms with E-state index in [4.69, 9.17) is 4.74 Å². The van der Waals surface area contributed by atoms with E-state index in [1.807, 2.05) is 29.2 Å². The van der Waals surface area contributed by atoms with Crippen LogP contribution in [0, 0.1) is 5.92 Å². The highest BCUT2D eigenvalue weighted by Gasteiger charge is 2.38.